The smallest absolute Gasteiger partial charge is 0.421 e. The summed E-state index contributed by atoms with van der Waals surface area (Å²) >= 11 is 0. The number of ketones is 1. The number of aromatic nitrogens is 2. The Morgan fingerprint density at radius 3 is 2.54 bits per heavy atom. The number of anilines is 3. The lowest BCUT2D eigenvalue weighted by atomic mass is 10.1. The lowest BCUT2D eigenvalue weighted by Crippen LogP contribution is -2.14. The summed E-state index contributed by atoms with van der Waals surface area (Å²) < 4.78 is 58.0. The number of nitrogens with zero attached hydrogens (tertiary/aromatic N) is 2. The highest BCUT2D eigenvalue weighted by Gasteiger charge is 2.35. The lowest BCUT2D eigenvalue weighted by molar-refractivity contribution is -0.137. The first-order valence-corrected chi connectivity index (χ1v) is 7.51. The van der Waals surface area contributed by atoms with Crippen molar-refractivity contribution in [2.24, 2.45) is 0 Å². The highest BCUT2D eigenvalue weighted by molar-refractivity contribution is 5.95. The van der Waals surface area contributed by atoms with Crippen LogP contribution in [0.15, 0.2) is 18.3 Å². The van der Waals surface area contributed by atoms with Gasteiger partial charge in [-0.1, -0.05) is 0 Å². The van der Waals surface area contributed by atoms with E-state index in [1.165, 1.54) is 20.1 Å². The molecule has 10 heteroatoms. The molecule has 1 aromatic heterocycles. The van der Waals surface area contributed by atoms with Crippen molar-refractivity contribution in [1.29, 1.82) is 0 Å². The molecule has 0 amide bonds. The van der Waals surface area contributed by atoms with Crippen molar-refractivity contribution in [1.82, 2.24) is 9.97 Å². The van der Waals surface area contributed by atoms with Crippen LogP contribution in [0, 0.1) is 5.82 Å². The number of Topliss-reactive ketones (excluding diaryl/α,β-unsaturated/α-hetero) is 1. The third-order valence-electron chi connectivity index (χ3n) is 3.35. The van der Waals surface area contributed by atoms with E-state index in [0.717, 1.165) is 6.07 Å². The van der Waals surface area contributed by atoms with E-state index in [-0.39, 0.29) is 29.5 Å². The van der Waals surface area contributed by atoms with Gasteiger partial charge in [-0.25, -0.2) is 9.37 Å². The van der Waals surface area contributed by atoms with Gasteiger partial charge in [-0.2, -0.15) is 18.2 Å². The van der Waals surface area contributed by atoms with Crippen molar-refractivity contribution < 1.29 is 27.1 Å². The summed E-state index contributed by atoms with van der Waals surface area (Å²) in [6, 6.07) is 2.18. The second kappa shape index (κ2) is 7.54. The fourth-order valence-electron chi connectivity index (χ4n) is 2.16. The Labute approximate surface area is 146 Å². The Morgan fingerprint density at radius 1 is 1.31 bits per heavy atom. The summed E-state index contributed by atoms with van der Waals surface area (Å²) in [4.78, 5) is 18.8. The molecule has 0 aliphatic carbocycles. The van der Waals surface area contributed by atoms with E-state index < -0.39 is 29.2 Å². The molecule has 0 aliphatic rings. The molecule has 26 heavy (non-hydrogen) atoms. The monoisotopic (exact) mass is 372 g/mol. The number of hydrogen-bond donors (Lipinski definition) is 2. The largest absolute Gasteiger partial charge is 0.495 e. The van der Waals surface area contributed by atoms with Crippen LogP contribution in [0.2, 0.25) is 0 Å². The summed E-state index contributed by atoms with van der Waals surface area (Å²) in [5.41, 5.74) is -1.12. The van der Waals surface area contributed by atoms with Crippen LogP contribution in [0.3, 0.4) is 0 Å². The Hall–Kier alpha value is -2.91. The van der Waals surface area contributed by atoms with Crippen LogP contribution in [0.1, 0.15) is 29.8 Å². The molecule has 140 valence electrons. The maximum Gasteiger partial charge on any atom is 0.421 e. The zero-order valence-corrected chi connectivity index (χ0v) is 14.2. The van der Waals surface area contributed by atoms with Gasteiger partial charge in [0, 0.05) is 18.8 Å². The second-order valence-electron chi connectivity index (χ2n) is 5.20. The summed E-state index contributed by atoms with van der Waals surface area (Å²) in [5, 5.41) is 5.11. The zero-order chi connectivity index (χ0) is 19.5. The van der Waals surface area contributed by atoms with Crippen molar-refractivity contribution in [2.45, 2.75) is 20.0 Å². The van der Waals surface area contributed by atoms with Crippen LogP contribution < -0.4 is 15.4 Å². The summed E-state index contributed by atoms with van der Waals surface area (Å²) in [6.45, 7) is 3.03. The molecule has 0 fully saturated rings. The van der Waals surface area contributed by atoms with E-state index in [2.05, 4.69) is 20.6 Å². The number of hydrogen-bond acceptors (Lipinski definition) is 6. The predicted molar refractivity (Wildman–Crippen MR) is 87.4 cm³/mol. The molecule has 2 aromatic rings. The molecule has 0 saturated carbocycles. The third kappa shape index (κ3) is 4.19. The minimum absolute atomic E-state index is 0.0669. The van der Waals surface area contributed by atoms with Crippen LogP contribution in [-0.2, 0) is 6.18 Å². The first-order valence-electron chi connectivity index (χ1n) is 7.51. The molecular formula is C16H16F4N4O2. The molecule has 0 bridgehead atoms. The minimum atomic E-state index is -4.62. The normalized spacial score (nSPS) is 11.2. The van der Waals surface area contributed by atoms with Crippen LogP contribution in [0.4, 0.5) is 35.0 Å². The molecule has 0 atom stereocenters. The molecule has 0 aliphatic heterocycles. The number of carbonyl (C=O) groups excluding carboxylic acids is 1. The number of carbonyl (C=O) groups is 1. The Kier molecular flexibility index (Phi) is 5.63. The third-order valence-corrected chi connectivity index (χ3v) is 3.35. The second-order valence-corrected chi connectivity index (χ2v) is 5.20. The van der Waals surface area contributed by atoms with Gasteiger partial charge in [0.2, 0.25) is 5.95 Å². The molecule has 1 aromatic carbocycles. The number of nitrogens with one attached hydrogen (secondary N) is 2. The van der Waals surface area contributed by atoms with Gasteiger partial charge in [-0.3, -0.25) is 4.79 Å². The average molecular weight is 372 g/mol. The number of alkyl halides is 3. The van der Waals surface area contributed by atoms with Crippen molar-refractivity contribution in [2.75, 3.05) is 24.3 Å². The highest BCUT2D eigenvalue weighted by atomic mass is 19.4. The Morgan fingerprint density at radius 2 is 2.00 bits per heavy atom. The van der Waals surface area contributed by atoms with Gasteiger partial charge in [-0.05, 0) is 19.9 Å². The molecular weight excluding hydrogens is 356 g/mol. The topological polar surface area (TPSA) is 76.1 Å². The molecule has 0 spiro atoms. The van der Waals surface area contributed by atoms with Gasteiger partial charge in [0.25, 0.3) is 0 Å². The lowest BCUT2D eigenvalue weighted by Gasteiger charge is -2.15. The van der Waals surface area contributed by atoms with Crippen LogP contribution in [0.5, 0.6) is 5.75 Å². The van der Waals surface area contributed by atoms with E-state index in [1.54, 1.807) is 6.92 Å². The number of rotatable bonds is 6. The molecule has 1 heterocycles. The Bertz CT molecular complexity index is 825. The SMILES string of the molecule is CCNc1nc(Nc2cc(F)c(C(C)=O)cc2OC)ncc1C(F)(F)F. The summed E-state index contributed by atoms with van der Waals surface area (Å²) in [7, 11) is 1.31. The van der Waals surface area contributed by atoms with Crippen molar-refractivity contribution >= 4 is 23.2 Å². The summed E-state index contributed by atoms with van der Waals surface area (Å²) in [5.74, 6) is -1.78. The summed E-state index contributed by atoms with van der Waals surface area (Å²) in [6.07, 6.45) is -4.00. The maximum atomic E-state index is 14.0. The first-order chi connectivity index (χ1) is 12.2. The van der Waals surface area contributed by atoms with E-state index in [1.807, 2.05) is 0 Å². The van der Waals surface area contributed by atoms with Gasteiger partial charge in [0.05, 0.1) is 18.4 Å². The molecule has 0 saturated heterocycles. The molecule has 0 unspecified atom stereocenters. The number of benzene rings is 1. The van der Waals surface area contributed by atoms with Crippen molar-refractivity contribution in [3.63, 3.8) is 0 Å². The Balaban J connectivity index is 2.44. The highest BCUT2D eigenvalue weighted by Crippen LogP contribution is 2.35. The number of ether oxygens (including phenoxy) is 1. The van der Waals surface area contributed by atoms with Crippen LogP contribution in [0.25, 0.3) is 0 Å². The fourth-order valence-corrected chi connectivity index (χ4v) is 2.16. The van der Waals surface area contributed by atoms with E-state index in [9.17, 15) is 22.4 Å². The minimum Gasteiger partial charge on any atom is -0.495 e. The van der Waals surface area contributed by atoms with Crippen molar-refractivity contribution in [3.05, 3.63) is 35.3 Å². The van der Waals surface area contributed by atoms with Gasteiger partial charge < -0.3 is 15.4 Å². The first kappa shape index (κ1) is 19.4. The number of halogens is 4. The quantitative estimate of drug-likeness (QED) is 0.589. The van der Waals surface area contributed by atoms with Crippen LogP contribution in [-0.4, -0.2) is 29.4 Å². The average Bonchev–Trinajstić information content (AvgIpc) is 2.54. The molecule has 2 N–H and O–H groups in total. The van der Waals surface area contributed by atoms with Gasteiger partial charge in [-0.15, -0.1) is 0 Å². The van der Waals surface area contributed by atoms with Crippen molar-refractivity contribution in [3.8, 4) is 5.75 Å². The predicted octanol–water partition coefficient (Wildman–Crippen LogP) is 4.02. The standard InChI is InChI=1S/C16H16F4N4O2/c1-4-21-14-10(16(18,19)20)7-22-15(24-14)23-12-6-11(17)9(8(2)25)5-13(12)26-3/h5-7H,4H2,1-3H3,(H2,21,22,23,24). The molecule has 2 rings (SSSR count). The van der Waals surface area contributed by atoms with Gasteiger partial charge in [0.15, 0.2) is 5.78 Å². The van der Waals surface area contributed by atoms with Crippen LogP contribution >= 0.6 is 0 Å². The molecule has 0 radical (unpaired) electrons. The van der Waals surface area contributed by atoms with E-state index in [4.69, 9.17) is 4.74 Å². The zero-order valence-electron chi connectivity index (χ0n) is 14.2. The van der Waals surface area contributed by atoms with Gasteiger partial charge in [0.1, 0.15) is 22.9 Å². The number of methoxy groups -OCH3 is 1. The fraction of sp³-hybridized carbons (Fsp3) is 0.312. The van der Waals surface area contributed by atoms with E-state index >= 15 is 0 Å². The van der Waals surface area contributed by atoms with Gasteiger partial charge >= 0.3 is 6.18 Å². The maximum absolute atomic E-state index is 14.0. The van der Waals surface area contributed by atoms with E-state index in [0.29, 0.717) is 6.20 Å². The molecule has 6 nitrogen and oxygen atoms in total.